The van der Waals surface area contributed by atoms with Crippen LogP contribution in [0, 0.1) is 0 Å². The lowest BCUT2D eigenvalue weighted by molar-refractivity contribution is -0.119. The molecule has 1 amide bonds. The predicted molar refractivity (Wildman–Crippen MR) is 74.9 cm³/mol. The number of hydrogen-bond donors (Lipinski definition) is 2. The summed E-state index contributed by atoms with van der Waals surface area (Å²) < 4.78 is 11.0. The van der Waals surface area contributed by atoms with E-state index in [9.17, 15) is 9.00 Å². The smallest absolute Gasteiger partial charge is 0.230 e. The Hall–Kier alpha value is -0.0700. The number of rotatable bonds is 6. The Morgan fingerprint density at radius 2 is 2.18 bits per heavy atom. The molecule has 2 N–H and O–H groups in total. The van der Waals surface area contributed by atoms with Gasteiger partial charge in [0.2, 0.25) is 5.91 Å². The van der Waals surface area contributed by atoms with Crippen molar-refractivity contribution in [3.63, 3.8) is 0 Å². The van der Waals surface area contributed by atoms with Crippen LogP contribution in [0.2, 0.25) is 0 Å². The summed E-state index contributed by atoms with van der Waals surface area (Å²) in [5.74, 6) is 1.11. The van der Waals surface area contributed by atoms with Crippen LogP contribution in [0.5, 0.6) is 0 Å². The van der Waals surface area contributed by atoms with E-state index in [4.69, 9.17) is 0 Å². The summed E-state index contributed by atoms with van der Waals surface area (Å²) in [6.07, 6.45) is 3.95. The number of hydrogen-bond acceptors (Lipinski definition) is 4. The third-order valence-corrected chi connectivity index (χ3v) is 4.97. The van der Waals surface area contributed by atoms with Gasteiger partial charge in [0.1, 0.15) is 0 Å². The fourth-order valence-corrected chi connectivity index (χ4v) is 3.69. The van der Waals surface area contributed by atoms with Crippen molar-refractivity contribution in [1.29, 1.82) is 0 Å². The van der Waals surface area contributed by atoms with Gasteiger partial charge in [-0.2, -0.15) is 0 Å². The van der Waals surface area contributed by atoms with Crippen LogP contribution in [0.1, 0.15) is 19.8 Å². The lowest BCUT2D eigenvalue weighted by Gasteiger charge is -2.22. The van der Waals surface area contributed by atoms with Crippen molar-refractivity contribution in [2.75, 3.05) is 30.9 Å². The Bertz CT molecular complexity index is 268. The number of carbonyl (C=O) groups excluding carboxylic acids is 1. The van der Waals surface area contributed by atoms with E-state index >= 15 is 0 Å². The van der Waals surface area contributed by atoms with Gasteiger partial charge < -0.3 is 10.6 Å². The molecule has 0 aromatic carbocycles. The zero-order chi connectivity index (χ0) is 12.7. The molecule has 0 radical (unpaired) electrons. The molecule has 17 heavy (non-hydrogen) atoms. The maximum atomic E-state index is 11.6. The van der Waals surface area contributed by atoms with Gasteiger partial charge in [0.25, 0.3) is 0 Å². The second-order valence-corrected chi connectivity index (χ2v) is 7.24. The Morgan fingerprint density at radius 1 is 1.53 bits per heavy atom. The minimum absolute atomic E-state index is 0.00181. The van der Waals surface area contributed by atoms with E-state index in [-0.39, 0.29) is 11.9 Å². The highest BCUT2D eigenvalue weighted by atomic mass is 32.2. The van der Waals surface area contributed by atoms with Gasteiger partial charge in [0.05, 0.1) is 5.75 Å². The number of amides is 1. The first-order valence-electron chi connectivity index (χ1n) is 5.99. The van der Waals surface area contributed by atoms with E-state index in [0.717, 1.165) is 25.9 Å². The average Bonchev–Trinajstić information content (AvgIpc) is 2.26. The van der Waals surface area contributed by atoms with Crippen LogP contribution in [0.3, 0.4) is 0 Å². The highest BCUT2D eigenvalue weighted by Crippen LogP contribution is 2.19. The van der Waals surface area contributed by atoms with Crippen LogP contribution in [-0.4, -0.2) is 52.3 Å². The van der Waals surface area contributed by atoms with Gasteiger partial charge in [-0.1, -0.05) is 0 Å². The summed E-state index contributed by atoms with van der Waals surface area (Å²) in [5.41, 5.74) is 0. The fraction of sp³-hybridized carbons (Fsp3) is 0.909. The molecule has 0 aromatic heterocycles. The predicted octanol–water partition coefficient (Wildman–Crippen LogP) is 0.355. The van der Waals surface area contributed by atoms with Gasteiger partial charge in [-0.15, -0.1) is 11.8 Å². The molecule has 1 aliphatic heterocycles. The minimum atomic E-state index is -0.850. The zero-order valence-electron chi connectivity index (χ0n) is 10.5. The third-order valence-electron chi connectivity index (χ3n) is 2.63. The second kappa shape index (κ2) is 8.11. The van der Waals surface area contributed by atoms with Crippen molar-refractivity contribution < 1.29 is 9.00 Å². The topological polar surface area (TPSA) is 58.2 Å². The number of piperidine rings is 1. The molecule has 0 spiro atoms. The molecule has 0 saturated carbocycles. The van der Waals surface area contributed by atoms with Crippen molar-refractivity contribution in [1.82, 2.24) is 10.6 Å². The van der Waals surface area contributed by atoms with Crippen LogP contribution in [0.25, 0.3) is 0 Å². The summed E-state index contributed by atoms with van der Waals surface area (Å²) in [7, 11) is -0.850. The fourth-order valence-electron chi connectivity index (χ4n) is 1.87. The molecule has 2 unspecified atom stereocenters. The average molecular weight is 278 g/mol. The maximum absolute atomic E-state index is 11.6. The second-order valence-electron chi connectivity index (χ2n) is 4.47. The molecule has 1 rings (SSSR count). The number of nitrogens with one attached hydrogen (secondary N) is 2. The van der Waals surface area contributed by atoms with Crippen LogP contribution in [0.4, 0.5) is 0 Å². The van der Waals surface area contributed by atoms with Crippen LogP contribution in [0.15, 0.2) is 0 Å². The van der Waals surface area contributed by atoms with Gasteiger partial charge in [-0.05, 0) is 32.9 Å². The van der Waals surface area contributed by atoms with Crippen molar-refractivity contribution in [2.24, 2.45) is 0 Å². The minimum Gasteiger partial charge on any atom is -0.352 e. The molecule has 1 fully saturated rings. The number of thioether (sulfide) groups is 1. The molecule has 0 aromatic rings. The van der Waals surface area contributed by atoms with Crippen molar-refractivity contribution in [3.8, 4) is 0 Å². The van der Waals surface area contributed by atoms with Crippen molar-refractivity contribution in [2.45, 2.75) is 31.1 Å². The molecule has 0 aliphatic carbocycles. The van der Waals surface area contributed by atoms with E-state index < -0.39 is 10.8 Å². The van der Waals surface area contributed by atoms with E-state index in [1.54, 1.807) is 18.0 Å². The normalized spacial score (nSPS) is 20.8. The van der Waals surface area contributed by atoms with E-state index in [1.165, 1.54) is 0 Å². The summed E-state index contributed by atoms with van der Waals surface area (Å²) >= 11 is 1.74. The monoisotopic (exact) mass is 278 g/mol. The quantitative estimate of drug-likeness (QED) is 0.736. The standard InChI is InChI=1S/C11H22N2O2S2/c1-9(8-17(2)15)13-11(14)7-16-10-3-5-12-6-4-10/h9-10,12H,3-8H2,1-2H3,(H,13,14). The molecule has 1 aliphatic rings. The largest absolute Gasteiger partial charge is 0.352 e. The first kappa shape index (κ1) is 15.0. The van der Waals surface area contributed by atoms with Gasteiger partial charge in [-0.25, -0.2) is 0 Å². The maximum Gasteiger partial charge on any atom is 0.230 e. The summed E-state index contributed by atoms with van der Waals surface area (Å²) in [6, 6.07) is 0.00181. The van der Waals surface area contributed by atoms with Crippen LogP contribution >= 0.6 is 11.8 Å². The Morgan fingerprint density at radius 3 is 2.76 bits per heavy atom. The SMILES string of the molecule is CC(CS(C)=O)NC(=O)CSC1CCNCC1. The van der Waals surface area contributed by atoms with Gasteiger partial charge >= 0.3 is 0 Å². The molecule has 100 valence electrons. The van der Waals surface area contributed by atoms with Gasteiger partial charge in [-0.3, -0.25) is 9.00 Å². The van der Waals surface area contributed by atoms with Gasteiger partial charge in [0, 0.05) is 34.1 Å². The van der Waals surface area contributed by atoms with Crippen LogP contribution in [-0.2, 0) is 15.6 Å². The van der Waals surface area contributed by atoms with E-state index in [1.807, 2.05) is 6.92 Å². The Labute approximate surface area is 110 Å². The third kappa shape index (κ3) is 7.06. The highest BCUT2D eigenvalue weighted by molar-refractivity contribution is 8.00. The molecule has 0 bridgehead atoms. The highest BCUT2D eigenvalue weighted by Gasteiger charge is 2.15. The van der Waals surface area contributed by atoms with Crippen LogP contribution < -0.4 is 10.6 Å². The molecular formula is C11H22N2O2S2. The Balaban J connectivity index is 2.13. The molecule has 6 heteroatoms. The number of carbonyl (C=O) groups is 1. The molecule has 2 atom stereocenters. The zero-order valence-corrected chi connectivity index (χ0v) is 12.2. The summed E-state index contributed by atoms with van der Waals surface area (Å²) in [5, 5.41) is 6.80. The molecule has 1 heterocycles. The van der Waals surface area contributed by atoms with E-state index in [2.05, 4.69) is 10.6 Å². The Kier molecular flexibility index (Phi) is 7.15. The first-order valence-corrected chi connectivity index (χ1v) is 8.77. The van der Waals surface area contributed by atoms with Crippen molar-refractivity contribution >= 4 is 28.5 Å². The first-order chi connectivity index (χ1) is 8.08. The van der Waals surface area contributed by atoms with E-state index in [0.29, 0.717) is 16.8 Å². The molecule has 4 nitrogen and oxygen atoms in total. The molecule has 1 saturated heterocycles. The summed E-state index contributed by atoms with van der Waals surface area (Å²) in [6.45, 7) is 4.02. The molecular weight excluding hydrogens is 256 g/mol. The lowest BCUT2D eigenvalue weighted by atomic mass is 10.2. The summed E-state index contributed by atoms with van der Waals surface area (Å²) in [4.78, 5) is 11.6. The van der Waals surface area contributed by atoms with Crippen molar-refractivity contribution in [3.05, 3.63) is 0 Å². The lowest BCUT2D eigenvalue weighted by Crippen LogP contribution is -2.38. The van der Waals surface area contributed by atoms with Gasteiger partial charge in [0.15, 0.2) is 0 Å².